The van der Waals surface area contributed by atoms with Crippen molar-refractivity contribution in [2.24, 2.45) is 5.92 Å². The van der Waals surface area contributed by atoms with E-state index >= 15 is 0 Å². The van der Waals surface area contributed by atoms with Crippen LogP contribution in [0.4, 0.5) is 13.2 Å². The zero-order chi connectivity index (χ0) is 24.1. The highest BCUT2D eigenvalue weighted by Gasteiger charge is 2.31. The highest BCUT2D eigenvalue weighted by Crippen LogP contribution is 2.34. The molecular weight excluding hydrogens is 439 g/mol. The van der Waals surface area contributed by atoms with Gasteiger partial charge in [0.2, 0.25) is 0 Å². The first kappa shape index (κ1) is 24.6. The molecule has 1 saturated heterocycles. The zero-order valence-corrected chi connectivity index (χ0v) is 20.0. The molecule has 3 aromatic rings. The van der Waals surface area contributed by atoms with Crippen molar-refractivity contribution in [3.8, 4) is 16.9 Å². The Morgan fingerprint density at radius 1 is 1.06 bits per heavy atom. The van der Waals surface area contributed by atoms with E-state index < -0.39 is 6.36 Å². The molecular formula is C27H34F3N3O. The van der Waals surface area contributed by atoms with E-state index in [0.717, 1.165) is 67.1 Å². The van der Waals surface area contributed by atoms with Gasteiger partial charge in [-0.25, -0.2) is 0 Å². The molecule has 4 rings (SSSR count). The number of nitrogens with one attached hydrogen (secondary N) is 1. The summed E-state index contributed by atoms with van der Waals surface area (Å²) in [6.07, 6.45) is 2.21. The fourth-order valence-electron chi connectivity index (χ4n) is 4.93. The third-order valence-electron chi connectivity index (χ3n) is 6.86. The first-order valence-electron chi connectivity index (χ1n) is 12.2. The zero-order valence-electron chi connectivity index (χ0n) is 20.0. The Morgan fingerprint density at radius 2 is 1.79 bits per heavy atom. The summed E-state index contributed by atoms with van der Waals surface area (Å²) in [5.41, 5.74) is 4.33. The van der Waals surface area contributed by atoms with Crippen LogP contribution < -0.4 is 10.1 Å². The molecule has 7 heteroatoms. The molecule has 0 aliphatic carbocycles. The number of piperidine rings is 1. The van der Waals surface area contributed by atoms with Crippen molar-refractivity contribution in [1.29, 1.82) is 0 Å². The van der Waals surface area contributed by atoms with E-state index in [1.165, 1.54) is 37.0 Å². The van der Waals surface area contributed by atoms with Gasteiger partial charge in [-0.1, -0.05) is 31.5 Å². The summed E-state index contributed by atoms with van der Waals surface area (Å²) in [4.78, 5) is 2.53. The van der Waals surface area contributed by atoms with Crippen molar-refractivity contribution >= 4 is 10.9 Å². The first-order valence-corrected chi connectivity index (χ1v) is 12.2. The largest absolute Gasteiger partial charge is 0.573 e. The van der Waals surface area contributed by atoms with Crippen molar-refractivity contribution in [3.05, 3.63) is 54.2 Å². The third kappa shape index (κ3) is 6.13. The monoisotopic (exact) mass is 473 g/mol. The summed E-state index contributed by atoms with van der Waals surface area (Å²) in [5, 5.41) is 4.32. The molecule has 0 radical (unpaired) electrons. The molecule has 2 heterocycles. The summed E-state index contributed by atoms with van der Waals surface area (Å²) >= 11 is 0. The van der Waals surface area contributed by atoms with Crippen LogP contribution in [0.15, 0.2) is 48.7 Å². The Morgan fingerprint density at radius 3 is 2.44 bits per heavy atom. The predicted molar refractivity (Wildman–Crippen MR) is 131 cm³/mol. The fraction of sp³-hybridized carbons (Fsp3) is 0.481. The van der Waals surface area contributed by atoms with Crippen molar-refractivity contribution in [2.75, 3.05) is 26.7 Å². The van der Waals surface area contributed by atoms with Gasteiger partial charge in [0, 0.05) is 35.8 Å². The lowest BCUT2D eigenvalue weighted by Crippen LogP contribution is -2.32. The Bertz CT molecular complexity index is 1070. The number of benzene rings is 2. The van der Waals surface area contributed by atoms with Gasteiger partial charge in [0.25, 0.3) is 0 Å². The maximum Gasteiger partial charge on any atom is 0.573 e. The molecule has 0 atom stereocenters. The topological polar surface area (TPSA) is 29.4 Å². The lowest BCUT2D eigenvalue weighted by molar-refractivity contribution is -0.274. The smallest absolute Gasteiger partial charge is 0.406 e. The minimum Gasteiger partial charge on any atom is -0.406 e. The van der Waals surface area contributed by atoms with Crippen LogP contribution in [0.25, 0.3) is 22.0 Å². The lowest BCUT2D eigenvalue weighted by Gasteiger charge is -2.31. The summed E-state index contributed by atoms with van der Waals surface area (Å²) in [5.74, 6) is 0.645. The molecule has 34 heavy (non-hydrogen) atoms. The van der Waals surface area contributed by atoms with Crippen LogP contribution >= 0.6 is 0 Å². The molecule has 1 fully saturated rings. The van der Waals surface area contributed by atoms with E-state index in [0.29, 0.717) is 0 Å². The highest BCUT2D eigenvalue weighted by molar-refractivity contribution is 5.96. The van der Waals surface area contributed by atoms with Crippen molar-refractivity contribution in [3.63, 3.8) is 0 Å². The van der Waals surface area contributed by atoms with Gasteiger partial charge in [0.15, 0.2) is 0 Å². The summed E-state index contributed by atoms with van der Waals surface area (Å²) in [6, 6.07) is 12.8. The van der Waals surface area contributed by atoms with E-state index in [1.807, 2.05) is 7.05 Å². The molecule has 0 amide bonds. The SMILES string of the molecule is CCC1CCN(Cc2ccc3c(c2)c(-c2ccc(OC(F)(F)F)cc2)cn3CCCNC)CC1. The van der Waals surface area contributed by atoms with Gasteiger partial charge >= 0.3 is 6.36 Å². The van der Waals surface area contributed by atoms with Gasteiger partial charge in [-0.2, -0.15) is 0 Å². The first-order chi connectivity index (χ1) is 16.4. The van der Waals surface area contributed by atoms with Gasteiger partial charge < -0.3 is 14.6 Å². The Labute approximate surface area is 199 Å². The molecule has 4 nitrogen and oxygen atoms in total. The maximum absolute atomic E-state index is 12.6. The van der Waals surface area contributed by atoms with Crippen LogP contribution in [0.3, 0.4) is 0 Å². The van der Waals surface area contributed by atoms with E-state index in [4.69, 9.17) is 0 Å². The van der Waals surface area contributed by atoms with Gasteiger partial charge in [-0.3, -0.25) is 4.90 Å². The minimum atomic E-state index is -4.69. The van der Waals surface area contributed by atoms with Crippen LogP contribution in [0, 0.1) is 5.92 Å². The van der Waals surface area contributed by atoms with Crippen LogP contribution in [0.1, 0.15) is 38.2 Å². The van der Waals surface area contributed by atoms with Crippen LogP contribution in [0.2, 0.25) is 0 Å². The molecule has 2 aromatic carbocycles. The molecule has 0 spiro atoms. The van der Waals surface area contributed by atoms with Crippen molar-refractivity contribution < 1.29 is 17.9 Å². The second-order valence-electron chi connectivity index (χ2n) is 9.24. The number of nitrogens with zero attached hydrogens (tertiary/aromatic N) is 2. The average molecular weight is 474 g/mol. The Balaban J connectivity index is 1.62. The molecule has 0 unspecified atom stereocenters. The van der Waals surface area contributed by atoms with E-state index in [9.17, 15) is 13.2 Å². The lowest BCUT2D eigenvalue weighted by atomic mass is 9.94. The molecule has 1 N–H and O–H groups in total. The van der Waals surface area contributed by atoms with Crippen LogP contribution in [-0.2, 0) is 13.1 Å². The molecule has 1 aliphatic rings. The number of aromatic nitrogens is 1. The number of fused-ring (bicyclic) bond motifs is 1. The van der Waals surface area contributed by atoms with Gasteiger partial charge in [0.05, 0.1) is 0 Å². The number of alkyl halides is 3. The second-order valence-corrected chi connectivity index (χ2v) is 9.24. The summed E-state index contributed by atoms with van der Waals surface area (Å²) in [7, 11) is 1.94. The molecule has 0 saturated carbocycles. The Hall–Kier alpha value is -2.51. The van der Waals surface area contributed by atoms with E-state index in [2.05, 4.69) is 50.8 Å². The Kier molecular flexibility index (Phi) is 7.84. The highest BCUT2D eigenvalue weighted by atomic mass is 19.4. The molecule has 184 valence electrons. The normalized spacial score (nSPS) is 15.8. The quantitative estimate of drug-likeness (QED) is 0.363. The molecule has 1 aliphatic heterocycles. The van der Waals surface area contributed by atoms with Gasteiger partial charge in [0.1, 0.15) is 5.75 Å². The predicted octanol–water partition coefficient (Wildman–Crippen LogP) is 6.44. The number of aryl methyl sites for hydroxylation is 1. The maximum atomic E-state index is 12.6. The van der Waals surface area contributed by atoms with Gasteiger partial charge in [-0.15, -0.1) is 13.2 Å². The molecule has 0 bridgehead atoms. The van der Waals surface area contributed by atoms with Crippen molar-refractivity contribution in [1.82, 2.24) is 14.8 Å². The molecule has 1 aromatic heterocycles. The van der Waals surface area contributed by atoms with Crippen molar-refractivity contribution in [2.45, 2.75) is 52.1 Å². The number of likely N-dealkylation sites (tertiary alicyclic amines) is 1. The number of rotatable bonds is 9. The standard InChI is InChI=1S/C27H34F3N3O/c1-3-20-11-15-32(16-12-20)18-21-5-10-26-24(17-21)25(19-33(26)14-4-13-31-2)22-6-8-23(9-7-22)34-27(28,29)30/h5-10,17,19-20,31H,3-4,11-16,18H2,1-2H3. The summed E-state index contributed by atoms with van der Waals surface area (Å²) < 4.78 is 44.0. The van der Waals surface area contributed by atoms with E-state index in [1.54, 1.807) is 12.1 Å². The minimum absolute atomic E-state index is 0.204. The second kappa shape index (κ2) is 10.8. The number of ether oxygens (including phenoxy) is 1. The summed E-state index contributed by atoms with van der Waals surface area (Å²) in [6.45, 7) is 7.26. The van der Waals surface area contributed by atoms with Crippen LogP contribution in [-0.4, -0.2) is 42.5 Å². The number of hydrogen-bond donors (Lipinski definition) is 1. The fourth-order valence-corrected chi connectivity index (χ4v) is 4.93. The number of halogens is 3. The number of hydrogen-bond acceptors (Lipinski definition) is 3. The van der Waals surface area contributed by atoms with E-state index in [-0.39, 0.29) is 5.75 Å². The van der Waals surface area contributed by atoms with Crippen LogP contribution in [0.5, 0.6) is 5.75 Å². The third-order valence-corrected chi connectivity index (χ3v) is 6.86. The van der Waals surface area contributed by atoms with Gasteiger partial charge in [-0.05, 0) is 87.3 Å². The average Bonchev–Trinajstić information content (AvgIpc) is 3.17.